The lowest BCUT2D eigenvalue weighted by atomic mass is 10.2. The number of aryl methyl sites for hydroxylation is 1. The van der Waals surface area contributed by atoms with Gasteiger partial charge in [0.25, 0.3) is 0 Å². The summed E-state index contributed by atoms with van der Waals surface area (Å²) in [4.78, 5) is 15.9. The first-order chi connectivity index (χ1) is 9.54. The third kappa shape index (κ3) is 4.18. The lowest BCUT2D eigenvalue weighted by Gasteiger charge is -2.03. The van der Waals surface area contributed by atoms with Gasteiger partial charge in [-0.1, -0.05) is 23.7 Å². The highest BCUT2D eigenvalue weighted by atomic mass is 79.9. The number of benzene rings is 1. The van der Waals surface area contributed by atoms with E-state index in [1.54, 1.807) is 30.5 Å². The molecule has 102 valence electrons. The minimum atomic E-state index is -0.228. The van der Waals surface area contributed by atoms with Crippen molar-refractivity contribution in [1.29, 1.82) is 0 Å². The van der Waals surface area contributed by atoms with Crippen molar-refractivity contribution in [2.75, 3.05) is 5.32 Å². The second-order valence-corrected chi connectivity index (χ2v) is 5.48. The summed E-state index contributed by atoms with van der Waals surface area (Å²) in [7, 11) is 0. The summed E-state index contributed by atoms with van der Waals surface area (Å²) in [5, 5.41) is 3.38. The molecule has 0 spiro atoms. The van der Waals surface area contributed by atoms with Crippen LogP contribution in [0.25, 0.3) is 6.08 Å². The molecular weight excluding hydrogens is 340 g/mol. The average molecular weight is 352 g/mol. The predicted octanol–water partition coefficient (Wildman–Crippen LogP) is 4.46. The number of carbonyl (C=O) groups is 1. The van der Waals surface area contributed by atoms with Gasteiger partial charge in [-0.25, -0.2) is 4.98 Å². The molecule has 0 aliphatic carbocycles. The van der Waals surface area contributed by atoms with Crippen LogP contribution >= 0.6 is 27.5 Å². The third-order valence-corrected chi connectivity index (χ3v) is 3.68. The van der Waals surface area contributed by atoms with Crippen LogP contribution in [0.1, 0.15) is 11.1 Å². The van der Waals surface area contributed by atoms with Gasteiger partial charge in [0, 0.05) is 21.8 Å². The molecule has 2 rings (SSSR count). The van der Waals surface area contributed by atoms with Crippen molar-refractivity contribution >= 4 is 45.3 Å². The van der Waals surface area contributed by atoms with Crippen molar-refractivity contribution in [3.05, 3.63) is 63.2 Å². The molecule has 0 aliphatic rings. The third-order valence-electron chi connectivity index (χ3n) is 2.60. The molecule has 5 heteroatoms. The summed E-state index contributed by atoms with van der Waals surface area (Å²) >= 11 is 9.16. The first kappa shape index (κ1) is 14.8. The summed E-state index contributed by atoms with van der Waals surface area (Å²) < 4.78 is 0.909. The van der Waals surface area contributed by atoms with Gasteiger partial charge in [-0.2, -0.15) is 0 Å². The fraction of sp³-hybridized carbons (Fsp3) is 0.0667. The smallest absolute Gasteiger partial charge is 0.249 e. The summed E-state index contributed by atoms with van der Waals surface area (Å²) in [5.74, 6) is 0.297. The molecule has 0 saturated carbocycles. The van der Waals surface area contributed by atoms with Crippen LogP contribution in [0.5, 0.6) is 0 Å². The fourth-order valence-electron chi connectivity index (χ4n) is 1.52. The monoisotopic (exact) mass is 350 g/mol. The largest absolute Gasteiger partial charge is 0.307 e. The maximum atomic E-state index is 11.8. The molecule has 1 heterocycles. The Morgan fingerprint density at radius 2 is 2.05 bits per heavy atom. The second kappa shape index (κ2) is 6.68. The fourth-order valence-corrected chi connectivity index (χ4v) is 1.86. The molecule has 0 aliphatic heterocycles. The zero-order chi connectivity index (χ0) is 14.5. The summed E-state index contributed by atoms with van der Waals surface area (Å²) in [6, 6.07) is 9.04. The normalized spacial score (nSPS) is 10.8. The number of amides is 1. The van der Waals surface area contributed by atoms with E-state index in [4.69, 9.17) is 11.6 Å². The number of carbonyl (C=O) groups excluding carboxylic acids is 1. The van der Waals surface area contributed by atoms with Crippen molar-refractivity contribution in [3.8, 4) is 0 Å². The number of anilines is 1. The molecule has 1 N–H and O–H groups in total. The molecule has 2 aromatic rings. The number of halogens is 2. The van der Waals surface area contributed by atoms with Gasteiger partial charge in [0.05, 0.1) is 0 Å². The Balaban J connectivity index is 2.01. The van der Waals surface area contributed by atoms with Gasteiger partial charge in [0.1, 0.15) is 5.82 Å². The van der Waals surface area contributed by atoms with Crippen LogP contribution < -0.4 is 5.32 Å². The zero-order valence-corrected chi connectivity index (χ0v) is 13.1. The van der Waals surface area contributed by atoms with Crippen LogP contribution in [0, 0.1) is 6.92 Å². The molecule has 0 atom stereocenters. The SMILES string of the molecule is Cc1cc(NC(=O)C=Cc2ccc(Cl)cc2)ncc1Br. The molecule has 1 amide bonds. The van der Waals surface area contributed by atoms with Crippen molar-refractivity contribution < 1.29 is 4.79 Å². The van der Waals surface area contributed by atoms with E-state index in [9.17, 15) is 4.79 Å². The number of aromatic nitrogens is 1. The maximum Gasteiger partial charge on any atom is 0.249 e. The van der Waals surface area contributed by atoms with Gasteiger partial charge >= 0.3 is 0 Å². The van der Waals surface area contributed by atoms with E-state index in [1.165, 1.54) is 6.08 Å². The van der Waals surface area contributed by atoms with Crippen LogP contribution in [0.2, 0.25) is 5.02 Å². The Morgan fingerprint density at radius 1 is 1.35 bits per heavy atom. The lowest BCUT2D eigenvalue weighted by molar-refractivity contribution is -0.111. The van der Waals surface area contributed by atoms with Gasteiger partial charge in [-0.3, -0.25) is 4.79 Å². The van der Waals surface area contributed by atoms with Gasteiger partial charge in [0.2, 0.25) is 5.91 Å². The first-order valence-corrected chi connectivity index (χ1v) is 7.08. The van der Waals surface area contributed by atoms with Gasteiger partial charge < -0.3 is 5.32 Å². The quantitative estimate of drug-likeness (QED) is 0.830. The molecule has 0 unspecified atom stereocenters. The Bertz CT molecular complexity index is 653. The molecule has 1 aromatic carbocycles. The molecule has 3 nitrogen and oxygen atoms in total. The van der Waals surface area contributed by atoms with Crippen LogP contribution in [-0.4, -0.2) is 10.9 Å². The van der Waals surface area contributed by atoms with Crippen LogP contribution in [-0.2, 0) is 4.79 Å². The highest BCUT2D eigenvalue weighted by Gasteiger charge is 2.01. The standard InChI is InChI=1S/C15H12BrClN2O/c1-10-8-14(18-9-13(10)16)19-15(20)7-4-11-2-5-12(17)6-3-11/h2-9H,1H3,(H,18,19,20). The number of hydrogen-bond acceptors (Lipinski definition) is 2. The number of rotatable bonds is 3. The summed E-state index contributed by atoms with van der Waals surface area (Å²) in [5.41, 5.74) is 1.92. The minimum Gasteiger partial charge on any atom is -0.307 e. The van der Waals surface area contributed by atoms with E-state index in [0.717, 1.165) is 15.6 Å². The van der Waals surface area contributed by atoms with Crippen LogP contribution in [0.4, 0.5) is 5.82 Å². The summed E-state index contributed by atoms with van der Waals surface area (Å²) in [6.45, 7) is 1.94. The molecule has 0 saturated heterocycles. The lowest BCUT2D eigenvalue weighted by Crippen LogP contribution is -2.09. The summed E-state index contributed by atoms with van der Waals surface area (Å²) in [6.07, 6.45) is 4.84. The van der Waals surface area contributed by atoms with Crippen molar-refractivity contribution in [2.24, 2.45) is 0 Å². The van der Waals surface area contributed by atoms with Gasteiger partial charge in [0.15, 0.2) is 0 Å². The molecular formula is C15H12BrClN2O. The average Bonchev–Trinajstić information content (AvgIpc) is 2.42. The van der Waals surface area contributed by atoms with Crippen LogP contribution in [0.3, 0.4) is 0 Å². The Labute approximate surface area is 130 Å². The van der Waals surface area contributed by atoms with Crippen molar-refractivity contribution in [1.82, 2.24) is 4.98 Å². The number of nitrogens with one attached hydrogen (secondary N) is 1. The first-order valence-electron chi connectivity index (χ1n) is 5.91. The molecule has 0 bridgehead atoms. The highest BCUT2D eigenvalue weighted by Crippen LogP contribution is 2.17. The van der Waals surface area contributed by atoms with Gasteiger partial charge in [-0.15, -0.1) is 0 Å². The molecule has 1 aromatic heterocycles. The maximum absolute atomic E-state index is 11.8. The number of nitrogens with zero attached hydrogens (tertiary/aromatic N) is 1. The predicted molar refractivity (Wildman–Crippen MR) is 85.8 cm³/mol. The Kier molecular flexibility index (Phi) is 4.93. The Hall–Kier alpha value is -1.65. The van der Waals surface area contributed by atoms with Crippen molar-refractivity contribution in [3.63, 3.8) is 0 Å². The molecule has 0 fully saturated rings. The van der Waals surface area contributed by atoms with Crippen molar-refractivity contribution in [2.45, 2.75) is 6.92 Å². The van der Waals surface area contributed by atoms with E-state index in [1.807, 2.05) is 19.1 Å². The zero-order valence-electron chi connectivity index (χ0n) is 10.7. The van der Waals surface area contributed by atoms with E-state index < -0.39 is 0 Å². The molecule has 0 radical (unpaired) electrons. The Morgan fingerprint density at radius 3 is 2.70 bits per heavy atom. The van der Waals surface area contributed by atoms with Gasteiger partial charge in [-0.05, 0) is 58.3 Å². The highest BCUT2D eigenvalue weighted by molar-refractivity contribution is 9.10. The van der Waals surface area contributed by atoms with E-state index in [0.29, 0.717) is 10.8 Å². The van der Waals surface area contributed by atoms with E-state index in [-0.39, 0.29) is 5.91 Å². The topological polar surface area (TPSA) is 42.0 Å². The van der Waals surface area contributed by atoms with Crippen LogP contribution in [0.15, 0.2) is 47.1 Å². The number of pyridine rings is 1. The van der Waals surface area contributed by atoms with E-state index in [2.05, 4.69) is 26.2 Å². The number of hydrogen-bond donors (Lipinski definition) is 1. The minimum absolute atomic E-state index is 0.228. The molecule has 20 heavy (non-hydrogen) atoms. The van der Waals surface area contributed by atoms with E-state index >= 15 is 0 Å². The second-order valence-electron chi connectivity index (χ2n) is 4.19.